The van der Waals surface area contributed by atoms with Crippen molar-refractivity contribution in [3.63, 3.8) is 0 Å². The molecule has 0 aromatic heterocycles. The van der Waals surface area contributed by atoms with Crippen molar-refractivity contribution in [3.05, 3.63) is 41.0 Å². The summed E-state index contributed by atoms with van der Waals surface area (Å²) in [6.45, 7) is 0. The van der Waals surface area contributed by atoms with E-state index in [1.165, 1.54) is 13.2 Å². The summed E-state index contributed by atoms with van der Waals surface area (Å²) < 4.78 is 35.5. The van der Waals surface area contributed by atoms with Crippen LogP contribution in [0.1, 0.15) is 15.9 Å². The molecule has 18 heavy (non-hydrogen) atoms. The van der Waals surface area contributed by atoms with Gasteiger partial charge in [0.25, 0.3) is 0 Å². The van der Waals surface area contributed by atoms with Crippen molar-refractivity contribution < 1.29 is 27.8 Å². The third kappa shape index (κ3) is 3.13. The summed E-state index contributed by atoms with van der Waals surface area (Å²) in [6.07, 6.45) is 2.17. The van der Waals surface area contributed by atoms with Crippen molar-refractivity contribution in [1.29, 1.82) is 0 Å². The monoisotopic (exact) mass is 256 g/mol. The highest BCUT2D eigenvalue weighted by Crippen LogP contribution is 2.17. The molecule has 0 spiro atoms. The zero-order valence-electron chi connectivity index (χ0n) is 9.70. The van der Waals surface area contributed by atoms with Crippen LogP contribution in [0.25, 0.3) is 6.08 Å². The summed E-state index contributed by atoms with van der Waals surface area (Å²) in [4.78, 5) is 21.9. The second-order valence-corrected chi connectivity index (χ2v) is 3.21. The van der Waals surface area contributed by atoms with Crippen LogP contribution in [0, 0.1) is 11.6 Å². The lowest BCUT2D eigenvalue weighted by Gasteiger charge is -2.04. The van der Waals surface area contributed by atoms with E-state index in [9.17, 15) is 18.4 Å². The molecule has 0 saturated heterocycles. The van der Waals surface area contributed by atoms with Crippen LogP contribution < -0.4 is 0 Å². The number of ether oxygens (including phenoxy) is 2. The standard InChI is InChI=1S/C12H10F2O4/c1-17-10(15)4-3-7-5-8(13)11(9(14)6-7)12(16)18-2/h3-6H,1-2H3. The number of halogens is 2. The van der Waals surface area contributed by atoms with Crippen LogP contribution in [-0.2, 0) is 14.3 Å². The quantitative estimate of drug-likeness (QED) is 0.612. The number of methoxy groups -OCH3 is 2. The maximum Gasteiger partial charge on any atom is 0.343 e. The van der Waals surface area contributed by atoms with Crippen molar-refractivity contribution in [2.75, 3.05) is 14.2 Å². The molecule has 0 bridgehead atoms. The van der Waals surface area contributed by atoms with Crippen molar-refractivity contribution in [2.24, 2.45) is 0 Å². The second kappa shape index (κ2) is 5.90. The molecule has 0 radical (unpaired) electrons. The summed E-state index contributed by atoms with van der Waals surface area (Å²) in [5.41, 5.74) is -0.684. The van der Waals surface area contributed by atoms with Crippen LogP contribution in [0.4, 0.5) is 8.78 Å². The van der Waals surface area contributed by atoms with Gasteiger partial charge < -0.3 is 9.47 Å². The summed E-state index contributed by atoms with van der Waals surface area (Å²) in [5, 5.41) is 0. The van der Waals surface area contributed by atoms with Crippen LogP contribution in [0.5, 0.6) is 0 Å². The van der Waals surface area contributed by atoms with Gasteiger partial charge in [0.2, 0.25) is 0 Å². The summed E-state index contributed by atoms with van der Waals surface area (Å²) >= 11 is 0. The van der Waals surface area contributed by atoms with Crippen molar-refractivity contribution >= 4 is 18.0 Å². The average molecular weight is 256 g/mol. The first-order valence-electron chi connectivity index (χ1n) is 4.83. The molecule has 1 rings (SSSR count). The van der Waals surface area contributed by atoms with Gasteiger partial charge in [-0.1, -0.05) is 0 Å². The van der Waals surface area contributed by atoms with Gasteiger partial charge in [-0.2, -0.15) is 0 Å². The Balaban J connectivity index is 3.11. The van der Waals surface area contributed by atoms with Gasteiger partial charge >= 0.3 is 11.9 Å². The van der Waals surface area contributed by atoms with Gasteiger partial charge in [0, 0.05) is 6.08 Å². The highest BCUT2D eigenvalue weighted by Gasteiger charge is 2.18. The van der Waals surface area contributed by atoms with Gasteiger partial charge in [-0.3, -0.25) is 0 Å². The number of carbonyl (C=O) groups excluding carboxylic acids is 2. The smallest absolute Gasteiger partial charge is 0.343 e. The van der Waals surface area contributed by atoms with Crippen LogP contribution in [0.2, 0.25) is 0 Å². The van der Waals surface area contributed by atoms with Crippen LogP contribution in [0.3, 0.4) is 0 Å². The first-order chi connectivity index (χ1) is 8.49. The number of rotatable bonds is 3. The topological polar surface area (TPSA) is 52.6 Å². The van der Waals surface area contributed by atoms with Gasteiger partial charge in [-0.25, -0.2) is 18.4 Å². The summed E-state index contributed by atoms with van der Waals surface area (Å²) in [5.74, 6) is -3.89. The second-order valence-electron chi connectivity index (χ2n) is 3.21. The van der Waals surface area contributed by atoms with Crippen molar-refractivity contribution in [2.45, 2.75) is 0 Å². The number of hydrogen-bond acceptors (Lipinski definition) is 4. The molecular weight excluding hydrogens is 246 g/mol. The predicted octanol–water partition coefficient (Wildman–Crippen LogP) is 1.94. The average Bonchev–Trinajstić information content (AvgIpc) is 2.34. The number of hydrogen-bond donors (Lipinski definition) is 0. The lowest BCUT2D eigenvalue weighted by molar-refractivity contribution is -0.134. The van der Waals surface area contributed by atoms with E-state index in [-0.39, 0.29) is 5.56 Å². The van der Waals surface area contributed by atoms with Crippen LogP contribution >= 0.6 is 0 Å². The maximum absolute atomic E-state index is 13.5. The minimum absolute atomic E-state index is 0.0862. The Morgan fingerprint density at radius 1 is 1.11 bits per heavy atom. The Bertz CT molecular complexity index is 486. The molecule has 0 amide bonds. The fourth-order valence-electron chi connectivity index (χ4n) is 1.22. The number of esters is 2. The lowest BCUT2D eigenvalue weighted by Crippen LogP contribution is -2.08. The Morgan fingerprint density at radius 2 is 1.67 bits per heavy atom. The number of benzene rings is 1. The molecule has 1 aromatic carbocycles. The minimum atomic E-state index is -1.10. The van der Waals surface area contributed by atoms with E-state index in [0.717, 1.165) is 25.3 Å². The van der Waals surface area contributed by atoms with Gasteiger partial charge in [0.15, 0.2) is 0 Å². The molecule has 0 aliphatic carbocycles. The molecule has 96 valence electrons. The first kappa shape index (κ1) is 13.8. The Labute approximate surface area is 102 Å². The van der Waals surface area contributed by atoms with E-state index in [0.29, 0.717) is 0 Å². The van der Waals surface area contributed by atoms with E-state index in [1.54, 1.807) is 0 Å². The zero-order valence-corrected chi connectivity index (χ0v) is 9.70. The highest BCUT2D eigenvalue weighted by molar-refractivity contribution is 5.91. The maximum atomic E-state index is 13.5. The summed E-state index contributed by atoms with van der Waals surface area (Å²) in [7, 11) is 2.19. The van der Waals surface area contributed by atoms with Gasteiger partial charge in [-0.05, 0) is 23.8 Å². The molecule has 4 nitrogen and oxygen atoms in total. The Morgan fingerprint density at radius 3 is 2.11 bits per heavy atom. The van der Waals surface area contributed by atoms with Gasteiger partial charge in [0.05, 0.1) is 14.2 Å². The molecule has 0 aliphatic rings. The molecule has 0 saturated carbocycles. The third-order valence-electron chi connectivity index (χ3n) is 2.07. The van der Waals surface area contributed by atoms with Crippen LogP contribution in [-0.4, -0.2) is 26.2 Å². The van der Waals surface area contributed by atoms with E-state index in [4.69, 9.17) is 0 Å². The molecule has 6 heteroatoms. The highest BCUT2D eigenvalue weighted by atomic mass is 19.1. The first-order valence-corrected chi connectivity index (χ1v) is 4.83. The van der Waals surface area contributed by atoms with Crippen molar-refractivity contribution in [1.82, 2.24) is 0 Å². The summed E-state index contributed by atoms with van der Waals surface area (Å²) in [6, 6.07) is 1.82. The minimum Gasteiger partial charge on any atom is -0.466 e. The molecule has 0 unspecified atom stereocenters. The molecule has 0 aliphatic heterocycles. The fraction of sp³-hybridized carbons (Fsp3) is 0.167. The van der Waals surface area contributed by atoms with Gasteiger partial charge in [0.1, 0.15) is 17.2 Å². The normalized spacial score (nSPS) is 10.4. The third-order valence-corrected chi connectivity index (χ3v) is 2.07. The molecule has 0 N–H and O–H groups in total. The number of carbonyl (C=O) groups is 2. The lowest BCUT2D eigenvalue weighted by atomic mass is 10.1. The molecular formula is C12H10F2O4. The van der Waals surface area contributed by atoms with Crippen LogP contribution in [0.15, 0.2) is 18.2 Å². The van der Waals surface area contributed by atoms with E-state index < -0.39 is 29.1 Å². The fourth-order valence-corrected chi connectivity index (χ4v) is 1.22. The Kier molecular flexibility index (Phi) is 4.53. The van der Waals surface area contributed by atoms with E-state index in [1.807, 2.05) is 0 Å². The SMILES string of the molecule is COC(=O)C=Cc1cc(F)c(C(=O)OC)c(F)c1. The predicted molar refractivity (Wildman–Crippen MR) is 58.7 cm³/mol. The largest absolute Gasteiger partial charge is 0.466 e. The molecule has 0 fully saturated rings. The molecule has 0 heterocycles. The Hall–Kier alpha value is -2.24. The van der Waals surface area contributed by atoms with E-state index >= 15 is 0 Å². The van der Waals surface area contributed by atoms with Gasteiger partial charge in [-0.15, -0.1) is 0 Å². The molecule has 1 aromatic rings. The van der Waals surface area contributed by atoms with E-state index in [2.05, 4.69) is 9.47 Å². The zero-order chi connectivity index (χ0) is 13.7. The molecule has 0 atom stereocenters. The van der Waals surface area contributed by atoms with Crippen molar-refractivity contribution in [3.8, 4) is 0 Å².